The van der Waals surface area contributed by atoms with Crippen LogP contribution in [0.15, 0.2) is 29.2 Å². The van der Waals surface area contributed by atoms with Gasteiger partial charge in [-0.1, -0.05) is 19.1 Å². The molecule has 0 saturated heterocycles. The van der Waals surface area contributed by atoms with Crippen molar-refractivity contribution in [2.45, 2.75) is 45.6 Å². The molecule has 150 valence electrons. The first-order valence-corrected chi connectivity index (χ1v) is 10.4. The molecule has 2 rings (SSSR count). The third kappa shape index (κ3) is 4.06. The van der Waals surface area contributed by atoms with Crippen molar-refractivity contribution in [2.75, 3.05) is 5.75 Å². The van der Waals surface area contributed by atoms with Gasteiger partial charge in [-0.05, 0) is 45.4 Å². The largest absolute Gasteiger partial charge is 0.451 e. The fourth-order valence-electron chi connectivity index (χ4n) is 3.07. The fourth-order valence-corrected chi connectivity index (χ4v) is 4.15. The molecule has 0 fully saturated rings. The standard InChI is InChI=1S/C20H23NO6S/c1-6-28(25,26)16-10-8-7-9-15(16)20(24)27-14(5)19(23)18-11(2)17(13(4)22)12(3)21-18/h7-10,14,21H,6H2,1-5H3/t14-/m1/s1. The molecule has 0 saturated carbocycles. The number of nitrogens with one attached hydrogen (secondary N) is 1. The average molecular weight is 405 g/mol. The molecule has 0 spiro atoms. The molecule has 1 aromatic heterocycles. The minimum atomic E-state index is -3.63. The SMILES string of the molecule is CCS(=O)(=O)c1ccccc1C(=O)O[C@H](C)C(=O)c1[nH]c(C)c(C(C)=O)c1C. The van der Waals surface area contributed by atoms with E-state index in [9.17, 15) is 22.8 Å². The molecule has 1 atom stereocenters. The van der Waals surface area contributed by atoms with E-state index < -0.39 is 27.7 Å². The number of carbonyl (C=O) groups excluding carboxylic acids is 3. The Morgan fingerprint density at radius 1 is 1.14 bits per heavy atom. The molecule has 0 bridgehead atoms. The summed E-state index contributed by atoms with van der Waals surface area (Å²) in [5, 5.41) is 0. The molecule has 1 heterocycles. The maximum absolute atomic E-state index is 12.7. The van der Waals surface area contributed by atoms with E-state index >= 15 is 0 Å². The quantitative estimate of drug-likeness (QED) is 0.560. The molecule has 0 aliphatic rings. The molecule has 1 aromatic carbocycles. The van der Waals surface area contributed by atoms with E-state index in [-0.39, 0.29) is 27.7 Å². The van der Waals surface area contributed by atoms with E-state index in [1.165, 1.54) is 45.0 Å². The number of sulfone groups is 1. The molecule has 28 heavy (non-hydrogen) atoms. The first kappa shape index (κ1) is 21.6. The van der Waals surface area contributed by atoms with Gasteiger partial charge in [0.05, 0.1) is 21.9 Å². The van der Waals surface area contributed by atoms with Gasteiger partial charge >= 0.3 is 5.97 Å². The number of aromatic nitrogens is 1. The van der Waals surface area contributed by atoms with Gasteiger partial charge in [-0.25, -0.2) is 13.2 Å². The number of hydrogen-bond donors (Lipinski definition) is 1. The molecule has 0 amide bonds. The summed E-state index contributed by atoms with van der Waals surface area (Å²) >= 11 is 0. The lowest BCUT2D eigenvalue weighted by atomic mass is 10.0. The Balaban J connectivity index is 2.31. The van der Waals surface area contributed by atoms with Crippen LogP contribution in [0.3, 0.4) is 0 Å². The van der Waals surface area contributed by atoms with Crippen molar-refractivity contribution < 1.29 is 27.5 Å². The zero-order chi connectivity index (χ0) is 21.2. The number of ketones is 2. The van der Waals surface area contributed by atoms with Crippen LogP contribution in [0, 0.1) is 13.8 Å². The number of aryl methyl sites for hydroxylation is 1. The maximum Gasteiger partial charge on any atom is 0.340 e. The lowest BCUT2D eigenvalue weighted by molar-refractivity contribution is 0.0313. The van der Waals surface area contributed by atoms with Crippen LogP contribution in [0.5, 0.6) is 0 Å². The number of esters is 1. The summed E-state index contributed by atoms with van der Waals surface area (Å²) in [4.78, 5) is 39.7. The number of aromatic amines is 1. The van der Waals surface area contributed by atoms with Crippen molar-refractivity contribution in [1.29, 1.82) is 0 Å². The molecule has 0 unspecified atom stereocenters. The number of carbonyl (C=O) groups is 3. The van der Waals surface area contributed by atoms with Crippen molar-refractivity contribution >= 4 is 27.4 Å². The van der Waals surface area contributed by atoms with E-state index in [4.69, 9.17) is 4.74 Å². The van der Waals surface area contributed by atoms with Crippen molar-refractivity contribution in [3.05, 3.63) is 52.3 Å². The molecular formula is C20H23NO6S. The number of rotatable bonds is 7. The summed E-state index contributed by atoms with van der Waals surface area (Å²) in [7, 11) is -3.63. The van der Waals surface area contributed by atoms with Crippen LogP contribution in [0.4, 0.5) is 0 Å². The van der Waals surface area contributed by atoms with Gasteiger partial charge in [-0.15, -0.1) is 0 Å². The Bertz CT molecular complexity index is 1050. The second-order valence-electron chi connectivity index (χ2n) is 6.49. The average Bonchev–Trinajstić information content (AvgIpc) is 2.95. The van der Waals surface area contributed by atoms with Crippen LogP contribution >= 0.6 is 0 Å². The van der Waals surface area contributed by atoms with Gasteiger partial charge in [-0.2, -0.15) is 0 Å². The van der Waals surface area contributed by atoms with Gasteiger partial charge in [-0.3, -0.25) is 9.59 Å². The van der Waals surface area contributed by atoms with Gasteiger partial charge in [0.1, 0.15) is 0 Å². The zero-order valence-electron chi connectivity index (χ0n) is 16.5. The highest BCUT2D eigenvalue weighted by Gasteiger charge is 2.28. The van der Waals surface area contributed by atoms with Crippen molar-refractivity contribution in [3.63, 3.8) is 0 Å². The predicted molar refractivity (Wildman–Crippen MR) is 104 cm³/mol. The Hall–Kier alpha value is -2.74. The minimum absolute atomic E-state index is 0.118. The van der Waals surface area contributed by atoms with E-state index in [1.807, 2.05) is 0 Å². The number of H-pyrrole nitrogens is 1. The Labute approximate surface area is 164 Å². The molecule has 2 aromatic rings. The molecule has 0 aliphatic heterocycles. The molecule has 0 aliphatic carbocycles. The van der Waals surface area contributed by atoms with Gasteiger partial charge in [0.25, 0.3) is 0 Å². The van der Waals surface area contributed by atoms with Crippen LogP contribution in [0.25, 0.3) is 0 Å². The summed E-state index contributed by atoms with van der Waals surface area (Å²) in [6.45, 7) is 7.62. The highest BCUT2D eigenvalue weighted by Crippen LogP contribution is 2.22. The van der Waals surface area contributed by atoms with Crippen LogP contribution in [-0.4, -0.2) is 42.8 Å². The van der Waals surface area contributed by atoms with E-state index in [2.05, 4.69) is 4.98 Å². The lowest BCUT2D eigenvalue weighted by Gasteiger charge is -2.14. The summed E-state index contributed by atoms with van der Waals surface area (Å²) in [6.07, 6.45) is -1.17. The highest BCUT2D eigenvalue weighted by atomic mass is 32.2. The molecular weight excluding hydrogens is 382 g/mol. The lowest BCUT2D eigenvalue weighted by Crippen LogP contribution is -2.26. The monoisotopic (exact) mass is 405 g/mol. The van der Waals surface area contributed by atoms with Gasteiger partial charge in [0, 0.05) is 11.3 Å². The third-order valence-electron chi connectivity index (χ3n) is 4.51. The summed E-state index contributed by atoms with van der Waals surface area (Å²) in [6, 6.07) is 5.72. The normalized spacial score (nSPS) is 12.5. The number of ether oxygens (including phenoxy) is 1. The molecule has 1 N–H and O–H groups in total. The first-order chi connectivity index (χ1) is 13.0. The Morgan fingerprint density at radius 3 is 2.29 bits per heavy atom. The van der Waals surface area contributed by atoms with E-state index in [0.29, 0.717) is 16.8 Å². The molecule has 7 nitrogen and oxygen atoms in total. The zero-order valence-corrected chi connectivity index (χ0v) is 17.3. The first-order valence-electron chi connectivity index (χ1n) is 8.78. The van der Waals surface area contributed by atoms with Crippen molar-refractivity contribution in [1.82, 2.24) is 4.98 Å². The number of hydrogen-bond acceptors (Lipinski definition) is 6. The minimum Gasteiger partial charge on any atom is -0.451 e. The van der Waals surface area contributed by atoms with Crippen molar-refractivity contribution in [3.8, 4) is 0 Å². The predicted octanol–water partition coefficient (Wildman–Crippen LogP) is 3.06. The number of Topliss-reactive ketones (excluding diaryl/α,β-unsaturated/α-hetero) is 2. The maximum atomic E-state index is 12.7. The Kier molecular flexibility index (Phi) is 6.23. The van der Waals surface area contributed by atoms with E-state index in [0.717, 1.165) is 0 Å². The Morgan fingerprint density at radius 2 is 1.75 bits per heavy atom. The van der Waals surface area contributed by atoms with Crippen LogP contribution < -0.4 is 0 Å². The van der Waals surface area contributed by atoms with Crippen molar-refractivity contribution in [2.24, 2.45) is 0 Å². The summed E-state index contributed by atoms with van der Waals surface area (Å²) in [5.41, 5.74) is 1.56. The van der Waals surface area contributed by atoms with Crippen LogP contribution in [-0.2, 0) is 14.6 Å². The fraction of sp³-hybridized carbons (Fsp3) is 0.350. The smallest absolute Gasteiger partial charge is 0.340 e. The topological polar surface area (TPSA) is 110 Å². The van der Waals surface area contributed by atoms with Gasteiger partial charge in [0.15, 0.2) is 21.7 Å². The second kappa shape index (κ2) is 8.10. The molecule has 0 radical (unpaired) electrons. The van der Waals surface area contributed by atoms with Crippen LogP contribution in [0.2, 0.25) is 0 Å². The van der Waals surface area contributed by atoms with E-state index in [1.54, 1.807) is 13.8 Å². The second-order valence-corrected chi connectivity index (χ2v) is 8.74. The van der Waals surface area contributed by atoms with Gasteiger partial charge < -0.3 is 9.72 Å². The highest BCUT2D eigenvalue weighted by molar-refractivity contribution is 7.91. The summed E-state index contributed by atoms with van der Waals surface area (Å²) < 4.78 is 29.6. The number of benzene rings is 1. The van der Waals surface area contributed by atoms with Gasteiger partial charge in [0.2, 0.25) is 5.78 Å². The molecule has 8 heteroatoms. The van der Waals surface area contributed by atoms with Crippen LogP contribution in [0.1, 0.15) is 63.2 Å². The third-order valence-corrected chi connectivity index (χ3v) is 6.30. The summed E-state index contributed by atoms with van der Waals surface area (Å²) in [5.74, 6) is -1.74.